The molecule has 0 aliphatic carbocycles. The van der Waals surface area contributed by atoms with Crippen molar-refractivity contribution in [1.29, 1.82) is 0 Å². The number of hydrogen-bond acceptors (Lipinski definition) is 5. The van der Waals surface area contributed by atoms with Gasteiger partial charge >= 0.3 is 0 Å². The molecular formula is C14H12N4O2. The van der Waals surface area contributed by atoms with Crippen LogP contribution >= 0.6 is 0 Å². The van der Waals surface area contributed by atoms with Crippen LogP contribution in [0.3, 0.4) is 0 Å². The number of nitrogens with two attached hydrogens (primary N) is 1. The maximum Gasteiger partial charge on any atom is 0.259 e. The van der Waals surface area contributed by atoms with E-state index in [2.05, 4.69) is 15.6 Å². The normalized spacial score (nSPS) is 13.1. The number of carbonyl (C=O) groups excluding carboxylic acids is 2. The van der Waals surface area contributed by atoms with E-state index in [4.69, 9.17) is 5.73 Å². The van der Waals surface area contributed by atoms with Crippen LogP contribution in [0.1, 0.15) is 26.4 Å². The molecule has 2 amide bonds. The summed E-state index contributed by atoms with van der Waals surface area (Å²) >= 11 is 0. The van der Waals surface area contributed by atoms with Gasteiger partial charge < -0.3 is 11.1 Å². The third-order valence-corrected chi connectivity index (χ3v) is 3.13. The molecule has 1 aliphatic heterocycles. The number of anilines is 3. The SMILES string of the molecule is Cc1nc(Nc2ccc3c(c2)C(=O)NC3=O)ccc1N. The van der Waals surface area contributed by atoms with Crippen molar-refractivity contribution in [1.82, 2.24) is 10.3 Å². The van der Waals surface area contributed by atoms with Gasteiger partial charge in [0.25, 0.3) is 11.8 Å². The first kappa shape index (κ1) is 12.2. The average molecular weight is 268 g/mol. The van der Waals surface area contributed by atoms with Crippen LogP contribution in [0.15, 0.2) is 30.3 Å². The molecule has 1 aromatic heterocycles. The average Bonchev–Trinajstić information content (AvgIpc) is 2.69. The lowest BCUT2D eigenvalue weighted by molar-refractivity contribution is 0.0879. The Morgan fingerprint density at radius 1 is 1.10 bits per heavy atom. The highest BCUT2D eigenvalue weighted by molar-refractivity contribution is 6.21. The van der Waals surface area contributed by atoms with E-state index in [1.54, 1.807) is 30.3 Å². The number of rotatable bonds is 2. The Balaban J connectivity index is 1.92. The number of fused-ring (bicyclic) bond motifs is 1. The maximum absolute atomic E-state index is 11.6. The highest BCUT2D eigenvalue weighted by Gasteiger charge is 2.26. The number of carbonyl (C=O) groups is 2. The Morgan fingerprint density at radius 3 is 2.60 bits per heavy atom. The third-order valence-electron chi connectivity index (χ3n) is 3.13. The van der Waals surface area contributed by atoms with Crippen molar-refractivity contribution < 1.29 is 9.59 Å². The van der Waals surface area contributed by atoms with Crippen LogP contribution in [0.2, 0.25) is 0 Å². The number of aromatic nitrogens is 1. The van der Waals surface area contributed by atoms with E-state index < -0.39 is 0 Å². The van der Waals surface area contributed by atoms with Gasteiger partial charge in [0.15, 0.2) is 0 Å². The minimum atomic E-state index is -0.380. The van der Waals surface area contributed by atoms with Crippen LogP contribution < -0.4 is 16.4 Å². The van der Waals surface area contributed by atoms with Crippen LogP contribution in [-0.2, 0) is 0 Å². The highest BCUT2D eigenvalue weighted by Crippen LogP contribution is 2.23. The second-order valence-electron chi connectivity index (χ2n) is 4.54. The number of benzene rings is 1. The lowest BCUT2D eigenvalue weighted by Crippen LogP contribution is -2.19. The van der Waals surface area contributed by atoms with Gasteiger partial charge in [0.05, 0.1) is 22.5 Å². The van der Waals surface area contributed by atoms with Crippen LogP contribution in [0.5, 0.6) is 0 Å². The molecule has 0 unspecified atom stereocenters. The molecule has 0 fully saturated rings. The monoisotopic (exact) mass is 268 g/mol. The molecule has 3 rings (SSSR count). The first-order chi connectivity index (χ1) is 9.54. The summed E-state index contributed by atoms with van der Waals surface area (Å²) in [5.74, 6) is -0.116. The topological polar surface area (TPSA) is 97.1 Å². The molecule has 1 aromatic carbocycles. The molecule has 0 spiro atoms. The minimum absolute atomic E-state index is 0.363. The number of aryl methyl sites for hydroxylation is 1. The molecule has 1 aliphatic rings. The van der Waals surface area contributed by atoms with Gasteiger partial charge in [0, 0.05) is 5.69 Å². The van der Waals surface area contributed by atoms with Crippen molar-refractivity contribution in [3.63, 3.8) is 0 Å². The molecule has 20 heavy (non-hydrogen) atoms. The van der Waals surface area contributed by atoms with Crippen molar-refractivity contribution in [2.75, 3.05) is 11.1 Å². The van der Waals surface area contributed by atoms with Crippen molar-refractivity contribution in [3.05, 3.63) is 47.2 Å². The number of imide groups is 1. The first-order valence-electron chi connectivity index (χ1n) is 6.04. The summed E-state index contributed by atoms with van der Waals surface area (Å²) in [5.41, 5.74) is 8.50. The van der Waals surface area contributed by atoms with E-state index in [-0.39, 0.29) is 11.8 Å². The predicted octanol–water partition coefficient (Wildman–Crippen LogP) is 1.60. The molecule has 0 bridgehead atoms. The minimum Gasteiger partial charge on any atom is -0.397 e. The second-order valence-corrected chi connectivity index (χ2v) is 4.54. The van der Waals surface area contributed by atoms with Crippen LogP contribution in [-0.4, -0.2) is 16.8 Å². The summed E-state index contributed by atoms with van der Waals surface area (Å²) in [7, 11) is 0. The summed E-state index contributed by atoms with van der Waals surface area (Å²) < 4.78 is 0. The number of amides is 2. The standard InChI is InChI=1S/C14H12N4O2/c1-7-11(15)4-5-12(16-7)17-8-2-3-9-10(6-8)14(20)18-13(9)19/h2-6H,15H2,1H3,(H,16,17)(H,18,19,20). The van der Waals surface area contributed by atoms with Crippen molar-refractivity contribution >= 4 is 29.0 Å². The zero-order valence-corrected chi connectivity index (χ0v) is 10.7. The molecule has 0 saturated heterocycles. The van der Waals surface area contributed by atoms with Crippen LogP contribution in [0.25, 0.3) is 0 Å². The van der Waals surface area contributed by atoms with Gasteiger partial charge in [0.1, 0.15) is 5.82 Å². The number of pyridine rings is 1. The van der Waals surface area contributed by atoms with Crippen LogP contribution in [0.4, 0.5) is 17.2 Å². The van der Waals surface area contributed by atoms with E-state index >= 15 is 0 Å². The summed E-state index contributed by atoms with van der Waals surface area (Å²) in [6, 6.07) is 8.48. The Kier molecular flexibility index (Phi) is 2.64. The quantitative estimate of drug-likeness (QED) is 0.719. The zero-order valence-electron chi connectivity index (χ0n) is 10.7. The van der Waals surface area contributed by atoms with Gasteiger partial charge in [-0.15, -0.1) is 0 Å². The van der Waals surface area contributed by atoms with E-state index in [9.17, 15) is 9.59 Å². The second kappa shape index (κ2) is 4.34. The fourth-order valence-corrected chi connectivity index (χ4v) is 2.03. The highest BCUT2D eigenvalue weighted by atomic mass is 16.2. The lowest BCUT2D eigenvalue weighted by atomic mass is 10.1. The number of nitrogens with one attached hydrogen (secondary N) is 2. The number of nitrogens with zero attached hydrogens (tertiary/aromatic N) is 1. The van der Waals surface area contributed by atoms with Gasteiger partial charge in [-0.1, -0.05) is 0 Å². The fraction of sp³-hybridized carbons (Fsp3) is 0.0714. The summed E-state index contributed by atoms with van der Waals surface area (Å²) in [6.07, 6.45) is 0. The summed E-state index contributed by atoms with van der Waals surface area (Å²) in [4.78, 5) is 27.3. The smallest absolute Gasteiger partial charge is 0.259 e. The summed E-state index contributed by atoms with van der Waals surface area (Å²) in [5, 5.41) is 5.33. The third kappa shape index (κ3) is 1.97. The predicted molar refractivity (Wildman–Crippen MR) is 74.9 cm³/mol. The lowest BCUT2D eigenvalue weighted by Gasteiger charge is -2.08. The Bertz CT molecular complexity index is 740. The molecule has 0 saturated carbocycles. The molecule has 100 valence electrons. The molecule has 4 N–H and O–H groups in total. The van der Waals surface area contributed by atoms with Gasteiger partial charge in [-0.05, 0) is 37.3 Å². The van der Waals surface area contributed by atoms with E-state index in [1.807, 2.05) is 6.92 Å². The van der Waals surface area contributed by atoms with Crippen LogP contribution in [0, 0.1) is 6.92 Å². The maximum atomic E-state index is 11.6. The molecule has 6 nitrogen and oxygen atoms in total. The van der Waals surface area contributed by atoms with E-state index in [0.29, 0.717) is 28.3 Å². The van der Waals surface area contributed by atoms with Crippen molar-refractivity contribution in [3.8, 4) is 0 Å². The molecule has 2 heterocycles. The van der Waals surface area contributed by atoms with Gasteiger partial charge in [0.2, 0.25) is 0 Å². The molecule has 2 aromatic rings. The molecule has 0 atom stereocenters. The molecule has 0 radical (unpaired) electrons. The molecular weight excluding hydrogens is 256 g/mol. The number of hydrogen-bond donors (Lipinski definition) is 3. The zero-order chi connectivity index (χ0) is 14.3. The van der Waals surface area contributed by atoms with E-state index in [1.165, 1.54) is 0 Å². The summed E-state index contributed by atoms with van der Waals surface area (Å²) in [6.45, 7) is 1.81. The first-order valence-corrected chi connectivity index (χ1v) is 6.04. The van der Waals surface area contributed by atoms with E-state index in [0.717, 1.165) is 5.69 Å². The molecule has 6 heteroatoms. The Morgan fingerprint density at radius 2 is 1.85 bits per heavy atom. The van der Waals surface area contributed by atoms with Gasteiger partial charge in [-0.25, -0.2) is 4.98 Å². The Hall–Kier alpha value is -2.89. The number of nitrogen functional groups attached to an aromatic ring is 1. The van der Waals surface area contributed by atoms with Gasteiger partial charge in [-0.3, -0.25) is 14.9 Å². The fourth-order valence-electron chi connectivity index (χ4n) is 2.03. The largest absolute Gasteiger partial charge is 0.397 e. The Labute approximate surface area is 115 Å². The van der Waals surface area contributed by atoms with Crippen molar-refractivity contribution in [2.45, 2.75) is 6.92 Å². The van der Waals surface area contributed by atoms with Crippen molar-refractivity contribution in [2.24, 2.45) is 0 Å². The van der Waals surface area contributed by atoms with Gasteiger partial charge in [-0.2, -0.15) is 0 Å².